The van der Waals surface area contributed by atoms with Crippen LogP contribution in [0.25, 0.3) is 22.5 Å². The summed E-state index contributed by atoms with van der Waals surface area (Å²) >= 11 is 6.06. The van der Waals surface area contributed by atoms with Crippen LogP contribution in [0.3, 0.4) is 0 Å². The van der Waals surface area contributed by atoms with Crippen LogP contribution in [0.5, 0.6) is 0 Å². The second-order valence-corrected chi connectivity index (χ2v) is 7.90. The molecule has 4 aromatic rings. The molecule has 1 fully saturated rings. The maximum absolute atomic E-state index is 13.2. The van der Waals surface area contributed by atoms with Crippen molar-refractivity contribution < 1.29 is 9.32 Å². The van der Waals surface area contributed by atoms with Crippen LogP contribution in [0.2, 0.25) is 5.02 Å². The molecule has 1 aliphatic heterocycles. The molecule has 0 unspecified atom stereocenters. The Bertz CT molecular complexity index is 1270. The predicted octanol–water partition coefficient (Wildman–Crippen LogP) is 3.97. The van der Waals surface area contributed by atoms with E-state index in [0.29, 0.717) is 46.8 Å². The van der Waals surface area contributed by atoms with Gasteiger partial charge in [-0.1, -0.05) is 28.9 Å². The molecule has 156 valence electrons. The van der Waals surface area contributed by atoms with Gasteiger partial charge in [0.05, 0.1) is 28.4 Å². The summed E-state index contributed by atoms with van der Waals surface area (Å²) in [5.41, 5.74) is 2.70. The lowest BCUT2D eigenvalue weighted by Crippen LogP contribution is -2.32. The minimum atomic E-state index is -0.0628. The van der Waals surface area contributed by atoms with Crippen LogP contribution in [-0.4, -0.2) is 50.0 Å². The molecule has 0 aliphatic carbocycles. The number of nitrogens with one attached hydrogen (secondary N) is 1. The molecule has 0 saturated carbocycles. The number of anilines is 1. The lowest BCUT2D eigenvalue weighted by molar-refractivity contribution is 0.0792. The van der Waals surface area contributed by atoms with Gasteiger partial charge in [-0.3, -0.25) is 9.78 Å². The summed E-state index contributed by atoms with van der Waals surface area (Å²) < 4.78 is 5.28. The zero-order chi connectivity index (χ0) is 21.4. The number of likely N-dealkylation sites (tertiary alicyclic amines) is 1. The molecule has 0 bridgehead atoms. The number of nitrogens with zero attached hydrogens (tertiary/aromatic N) is 5. The molecule has 0 spiro atoms. The molecule has 5 rings (SSSR count). The van der Waals surface area contributed by atoms with Crippen molar-refractivity contribution in [3.8, 4) is 11.5 Å². The van der Waals surface area contributed by atoms with Gasteiger partial charge in [-0.2, -0.15) is 4.98 Å². The van der Waals surface area contributed by atoms with E-state index in [1.165, 1.54) is 0 Å². The van der Waals surface area contributed by atoms with Crippen molar-refractivity contribution >= 4 is 34.4 Å². The van der Waals surface area contributed by atoms with Crippen LogP contribution in [0.1, 0.15) is 22.6 Å². The van der Waals surface area contributed by atoms with E-state index in [4.69, 9.17) is 16.1 Å². The highest BCUT2D eigenvalue weighted by molar-refractivity contribution is 6.31. The van der Waals surface area contributed by atoms with Crippen molar-refractivity contribution in [3.63, 3.8) is 0 Å². The Balaban J connectivity index is 1.32. The van der Waals surface area contributed by atoms with Crippen LogP contribution in [-0.2, 0) is 0 Å². The van der Waals surface area contributed by atoms with Crippen LogP contribution >= 0.6 is 11.6 Å². The smallest absolute Gasteiger partial charge is 0.258 e. The molecule has 0 radical (unpaired) electrons. The van der Waals surface area contributed by atoms with Crippen molar-refractivity contribution in [2.45, 2.75) is 19.4 Å². The number of hydrogen-bond donors (Lipinski definition) is 1. The van der Waals surface area contributed by atoms with Crippen LogP contribution in [0.4, 0.5) is 5.82 Å². The summed E-state index contributed by atoms with van der Waals surface area (Å²) in [5, 5.41) is 7.84. The molecule has 2 aromatic carbocycles. The third-order valence-electron chi connectivity index (χ3n) is 5.25. The number of aryl methyl sites for hydroxylation is 1. The Kier molecular flexibility index (Phi) is 4.99. The van der Waals surface area contributed by atoms with Gasteiger partial charge in [0.25, 0.3) is 11.8 Å². The van der Waals surface area contributed by atoms with Crippen molar-refractivity contribution in [2.24, 2.45) is 0 Å². The van der Waals surface area contributed by atoms with Gasteiger partial charge in [0.1, 0.15) is 5.82 Å². The highest BCUT2D eigenvalue weighted by atomic mass is 35.5. The standard InChI is InChI=1S/C22H19ClN6O2/c1-13-25-21(31-28-13)16-4-2-3-5-17(16)22(30)29-9-8-15(12-29)26-20-11-24-18-7-6-14(23)10-19(18)27-20/h2-7,10-11,15H,8-9,12H2,1H3,(H,26,27)/t15-/m1/s1. The summed E-state index contributed by atoms with van der Waals surface area (Å²) in [6.07, 6.45) is 2.51. The highest BCUT2D eigenvalue weighted by Crippen LogP contribution is 2.25. The Labute approximate surface area is 183 Å². The van der Waals surface area contributed by atoms with Gasteiger partial charge in [-0.05, 0) is 43.7 Å². The fourth-order valence-electron chi connectivity index (χ4n) is 3.76. The number of rotatable bonds is 4. The lowest BCUT2D eigenvalue weighted by atomic mass is 10.1. The molecule has 1 saturated heterocycles. The number of aromatic nitrogens is 4. The van der Waals surface area contributed by atoms with E-state index in [9.17, 15) is 4.79 Å². The number of benzene rings is 2. The van der Waals surface area contributed by atoms with E-state index in [1.807, 2.05) is 29.2 Å². The second kappa shape index (κ2) is 7.96. The maximum atomic E-state index is 13.2. The zero-order valence-electron chi connectivity index (χ0n) is 16.7. The predicted molar refractivity (Wildman–Crippen MR) is 117 cm³/mol. The molecule has 1 atom stereocenters. The summed E-state index contributed by atoms with van der Waals surface area (Å²) in [5.74, 6) is 1.48. The molecular weight excluding hydrogens is 416 g/mol. The van der Waals surface area contributed by atoms with E-state index in [0.717, 1.165) is 17.5 Å². The lowest BCUT2D eigenvalue weighted by Gasteiger charge is -2.18. The minimum absolute atomic E-state index is 0.0628. The van der Waals surface area contributed by atoms with Gasteiger partial charge in [0.15, 0.2) is 5.82 Å². The number of fused-ring (bicyclic) bond motifs is 1. The fraction of sp³-hybridized carbons (Fsp3) is 0.227. The molecule has 1 aliphatic rings. The first kappa shape index (κ1) is 19.4. The molecule has 31 heavy (non-hydrogen) atoms. The molecular formula is C22H19ClN6O2. The Morgan fingerprint density at radius 2 is 2.06 bits per heavy atom. The van der Waals surface area contributed by atoms with Gasteiger partial charge >= 0.3 is 0 Å². The van der Waals surface area contributed by atoms with Gasteiger partial charge in [0, 0.05) is 24.2 Å². The number of carbonyl (C=O) groups is 1. The van der Waals surface area contributed by atoms with Gasteiger partial charge in [-0.15, -0.1) is 0 Å². The monoisotopic (exact) mass is 434 g/mol. The highest BCUT2D eigenvalue weighted by Gasteiger charge is 2.29. The molecule has 3 heterocycles. The van der Waals surface area contributed by atoms with Crippen molar-refractivity contribution in [3.05, 3.63) is 65.1 Å². The topological polar surface area (TPSA) is 97.0 Å². The molecule has 9 heteroatoms. The van der Waals surface area contributed by atoms with E-state index in [2.05, 4.69) is 25.4 Å². The first-order valence-electron chi connectivity index (χ1n) is 9.94. The third kappa shape index (κ3) is 3.94. The van der Waals surface area contributed by atoms with E-state index in [-0.39, 0.29) is 11.9 Å². The second-order valence-electron chi connectivity index (χ2n) is 7.46. The number of halogens is 1. The normalized spacial score (nSPS) is 16.1. The van der Waals surface area contributed by atoms with E-state index in [1.54, 1.807) is 31.3 Å². The van der Waals surface area contributed by atoms with Gasteiger partial charge < -0.3 is 14.7 Å². The fourth-order valence-corrected chi connectivity index (χ4v) is 3.93. The maximum Gasteiger partial charge on any atom is 0.258 e. The SMILES string of the molecule is Cc1noc(-c2ccccc2C(=O)N2CC[C@@H](Nc3cnc4ccc(Cl)cc4n3)C2)n1. The third-order valence-corrected chi connectivity index (χ3v) is 5.48. The van der Waals surface area contributed by atoms with Gasteiger partial charge in [0.2, 0.25) is 0 Å². The minimum Gasteiger partial charge on any atom is -0.364 e. The molecule has 1 amide bonds. The molecule has 2 aromatic heterocycles. The molecule has 8 nitrogen and oxygen atoms in total. The van der Waals surface area contributed by atoms with Crippen molar-refractivity contribution in [1.82, 2.24) is 25.0 Å². The summed E-state index contributed by atoms with van der Waals surface area (Å²) in [4.78, 5) is 28.3. The van der Waals surface area contributed by atoms with E-state index < -0.39 is 0 Å². The average Bonchev–Trinajstić information content (AvgIpc) is 3.42. The Morgan fingerprint density at radius 1 is 1.19 bits per heavy atom. The summed E-state index contributed by atoms with van der Waals surface area (Å²) in [7, 11) is 0. The first-order valence-corrected chi connectivity index (χ1v) is 10.3. The first-order chi connectivity index (χ1) is 15.1. The average molecular weight is 435 g/mol. The largest absolute Gasteiger partial charge is 0.364 e. The summed E-state index contributed by atoms with van der Waals surface area (Å²) in [6, 6.07) is 12.8. The van der Waals surface area contributed by atoms with Crippen LogP contribution in [0, 0.1) is 6.92 Å². The quantitative estimate of drug-likeness (QED) is 0.519. The Hall–Kier alpha value is -3.52. The van der Waals surface area contributed by atoms with E-state index >= 15 is 0 Å². The zero-order valence-corrected chi connectivity index (χ0v) is 17.5. The number of hydrogen-bond acceptors (Lipinski definition) is 7. The van der Waals surface area contributed by atoms with Crippen LogP contribution in [0.15, 0.2) is 53.2 Å². The molecule has 1 N–H and O–H groups in total. The van der Waals surface area contributed by atoms with Crippen molar-refractivity contribution in [1.29, 1.82) is 0 Å². The summed E-state index contributed by atoms with van der Waals surface area (Å²) in [6.45, 7) is 2.95. The van der Waals surface area contributed by atoms with Crippen LogP contribution < -0.4 is 5.32 Å². The Morgan fingerprint density at radius 3 is 2.90 bits per heavy atom. The number of amides is 1. The van der Waals surface area contributed by atoms with Crippen molar-refractivity contribution in [2.75, 3.05) is 18.4 Å². The van der Waals surface area contributed by atoms with Gasteiger partial charge in [-0.25, -0.2) is 4.98 Å². The number of carbonyl (C=O) groups excluding carboxylic acids is 1.